The highest BCUT2D eigenvalue weighted by Crippen LogP contribution is 2.41. The molecule has 3 atom stereocenters. The van der Waals surface area contributed by atoms with E-state index in [-0.39, 0.29) is 29.6 Å². The summed E-state index contributed by atoms with van der Waals surface area (Å²) in [5, 5.41) is 15.0. The highest BCUT2D eigenvalue weighted by atomic mass is 19.1. The number of hydrogen-bond acceptors (Lipinski definition) is 7. The predicted octanol–water partition coefficient (Wildman–Crippen LogP) is 2.32. The van der Waals surface area contributed by atoms with Crippen LogP contribution in [-0.4, -0.2) is 70.5 Å². The van der Waals surface area contributed by atoms with Crippen molar-refractivity contribution < 1.29 is 18.7 Å². The standard InChI is InChI=1S/C25H29FN6O3/c1-34-23-9-6-20(32-16-28-29-30-32)14-18(23)15-27-22-8-7-21(25(33)31-10-12-35-13-11-31)24(22)17-2-4-19(26)5-3-17/h2-6,9,14,16,21-22,24,27H,7-8,10-13,15H2,1H3. The molecule has 1 N–H and O–H groups in total. The van der Waals surface area contributed by atoms with Crippen molar-refractivity contribution >= 4 is 5.91 Å². The highest BCUT2D eigenvalue weighted by molar-refractivity contribution is 5.80. The first-order valence-corrected chi connectivity index (χ1v) is 11.9. The molecule has 9 nitrogen and oxygen atoms in total. The zero-order valence-corrected chi connectivity index (χ0v) is 19.6. The van der Waals surface area contributed by atoms with Crippen LogP contribution >= 0.6 is 0 Å². The van der Waals surface area contributed by atoms with Crippen molar-refractivity contribution in [2.75, 3.05) is 33.4 Å². The second kappa shape index (κ2) is 10.5. The Balaban J connectivity index is 1.38. The van der Waals surface area contributed by atoms with Gasteiger partial charge in [0, 0.05) is 43.1 Å². The molecule has 0 bridgehead atoms. The number of morpholine rings is 1. The summed E-state index contributed by atoms with van der Waals surface area (Å²) in [6.45, 7) is 2.91. The molecule has 0 radical (unpaired) electrons. The lowest BCUT2D eigenvalue weighted by atomic mass is 9.85. The minimum Gasteiger partial charge on any atom is -0.496 e. The van der Waals surface area contributed by atoms with Gasteiger partial charge in [0.2, 0.25) is 5.91 Å². The molecule has 35 heavy (non-hydrogen) atoms. The number of tetrazole rings is 1. The van der Waals surface area contributed by atoms with Gasteiger partial charge in [0.15, 0.2) is 0 Å². The van der Waals surface area contributed by atoms with Gasteiger partial charge in [-0.05, 0) is 59.2 Å². The topological polar surface area (TPSA) is 94.4 Å². The zero-order valence-electron chi connectivity index (χ0n) is 19.6. The third-order valence-corrected chi connectivity index (χ3v) is 6.98. The summed E-state index contributed by atoms with van der Waals surface area (Å²) in [5.74, 6) is 0.415. The van der Waals surface area contributed by atoms with Crippen molar-refractivity contribution in [2.24, 2.45) is 5.92 Å². The number of hydrogen-bond donors (Lipinski definition) is 1. The van der Waals surface area contributed by atoms with Crippen LogP contribution in [0.15, 0.2) is 48.8 Å². The highest BCUT2D eigenvalue weighted by Gasteiger charge is 2.42. The van der Waals surface area contributed by atoms with Crippen molar-refractivity contribution in [1.29, 1.82) is 0 Å². The Bertz CT molecular complexity index is 1130. The molecular weight excluding hydrogens is 451 g/mol. The number of ether oxygens (including phenoxy) is 2. The SMILES string of the molecule is COc1ccc(-n2cnnn2)cc1CNC1CCC(C(=O)N2CCOCC2)C1c1ccc(F)cc1. The Morgan fingerprint density at radius 2 is 1.97 bits per heavy atom. The van der Waals surface area contributed by atoms with E-state index in [0.717, 1.165) is 35.4 Å². The summed E-state index contributed by atoms with van der Waals surface area (Å²) in [5.41, 5.74) is 2.76. The Kier molecular flexibility index (Phi) is 7.01. The van der Waals surface area contributed by atoms with Gasteiger partial charge in [-0.3, -0.25) is 4.79 Å². The van der Waals surface area contributed by atoms with Gasteiger partial charge < -0.3 is 19.7 Å². The molecule has 2 fully saturated rings. The second-order valence-corrected chi connectivity index (χ2v) is 8.94. The Morgan fingerprint density at radius 1 is 1.17 bits per heavy atom. The van der Waals surface area contributed by atoms with E-state index in [0.29, 0.717) is 32.8 Å². The van der Waals surface area contributed by atoms with Crippen molar-refractivity contribution in [3.63, 3.8) is 0 Å². The van der Waals surface area contributed by atoms with Gasteiger partial charge in [0.1, 0.15) is 17.9 Å². The minimum atomic E-state index is -0.281. The number of methoxy groups -OCH3 is 1. The maximum Gasteiger partial charge on any atom is 0.226 e. The van der Waals surface area contributed by atoms with Gasteiger partial charge in [0.05, 0.1) is 26.0 Å². The van der Waals surface area contributed by atoms with Gasteiger partial charge in [-0.25, -0.2) is 9.07 Å². The lowest BCUT2D eigenvalue weighted by molar-refractivity contribution is -0.140. The third kappa shape index (κ3) is 5.03. The summed E-state index contributed by atoms with van der Waals surface area (Å²) in [4.78, 5) is 15.4. The fraction of sp³-hybridized carbons (Fsp3) is 0.440. The summed E-state index contributed by atoms with van der Waals surface area (Å²) in [6, 6.07) is 12.4. The Hall–Kier alpha value is -3.37. The van der Waals surface area contributed by atoms with E-state index in [9.17, 15) is 9.18 Å². The molecule has 3 unspecified atom stereocenters. The van der Waals surface area contributed by atoms with Crippen LogP contribution in [0.5, 0.6) is 5.75 Å². The number of benzene rings is 2. The molecule has 184 valence electrons. The first-order valence-electron chi connectivity index (χ1n) is 11.9. The van der Waals surface area contributed by atoms with E-state index in [2.05, 4.69) is 20.8 Å². The Labute approximate surface area is 203 Å². The zero-order chi connectivity index (χ0) is 24.2. The van der Waals surface area contributed by atoms with Crippen LogP contribution in [0.4, 0.5) is 4.39 Å². The van der Waals surface area contributed by atoms with Gasteiger partial charge in [-0.1, -0.05) is 12.1 Å². The molecule has 1 aliphatic carbocycles. The van der Waals surface area contributed by atoms with Crippen molar-refractivity contribution in [1.82, 2.24) is 30.4 Å². The van der Waals surface area contributed by atoms with Crippen LogP contribution in [0.2, 0.25) is 0 Å². The molecule has 1 saturated heterocycles. The molecule has 1 saturated carbocycles. The molecule has 2 heterocycles. The first-order chi connectivity index (χ1) is 17.1. The molecule has 0 spiro atoms. The third-order valence-electron chi connectivity index (χ3n) is 6.98. The van der Waals surface area contributed by atoms with Crippen LogP contribution in [-0.2, 0) is 16.1 Å². The summed E-state index contributed by atoms with van der Waals surface area (Å²) in [6.07, 6.45) is 3.16. The van der Waals surface area contributed by atoms with E-state index < -0.39 is 0 Å². The molecule has 1 aromatic heterocycles. The summed E-state index contributed by atoms with van der Waals surface area (Å²) < 4.78 is 26.3. The summed E-state index contributed by atoms with van der Waals surface area (Å²) >= 11 is 0. The van der Waals surface area contributed by atoms with Gasteiger partial charge in [-0.2, -0.15) is 0 Å². The van der Waals surface area contributed by atoms with Gasteiger partial charge >= 0.3 is 0 Å². The van der Waals surface area contributed by atoms with Crippen molar-refractivity contribution in [3.05, 3.63) is 65.7 Å². The van der Waals surface area contributed by atoms with Crippen molar-refractivity contribution in [2.45, 2.75) is 31.3 Å². The normalized spacial score (nSPS) is 22.3. The number of aromatic nitrogens is 4. The first kappa shape index (κ1) is 23.4. The predicted molar refractivity (Wildman–Crippen MR) is 126 cm³/mol. The number of nitrogens with zero attached hydrogens (tertiary/aromatic N) is 5. The van der Waals surface area contributed by atoms with Gasteiger partial charge in [0.25, 0.3) is 0 Å². The lowest BCUT2D eigenvalue weighted by Gasteiger charge is -2.32. The van der Waals surface area contributed by atoms with Crippen molar-refractivity contribution in [3.8, 4) is 11.4 Å². The average molecular weight is 481 g/mol. The number of carbonyl (C=O) groups is 1. The van der Waals surface area contributed by atoms with E-state index in [1.165, 1.54) is 12.1 Å². The molecular formula is C25H29FN6O3. The maximum absolute atomic E-state index is 13.7. The average Bonchev–Trinajstić information content (AvgIpc) is 3.59. The van der Waals surface area contributed by atoms with E-state index in [4.69, 9.17) is 9.47 Å². The van der Waals surface area contributed by atoms with Crippen LogP contribution in [0.1, 0.15) is 29.9 Å². The van der Waals surface area contributed by atoms with Gasteiger partial charge in [-0.15, -0.1) is 5.10 Å². The molecule has 10 heteroatoms. The summed E-state index contributed by atoms with van der Waals surface area (Å²) in [7, 11) is 1.64. The van der Waals surface area contributed by atoms with E-state index >= 15 is 0 Å². The molecule has 2 aliphatic rings. The smallest absolute Gasteiger partial charge is 0.226 e. The fourth-order valence-electron chi connectivity index (χ4n) is 5.24. The Morgan fingerprint density at radius 3 is 2.69 bits per heavy atom. The number of amides is 1. The number of nitrogens with one attached hydrogen (secondary N) is 1. The molecule has 3 aromatic rings. The van der Waals surface area contributed by atoms with Crippen LogP contribution in [0.25, 0.3) is 5.69 Å². The monoisotopic (exact) mass is 480 g/mol. The van der Waals surface area contributed by atoms with E-state index in [1.807, 2.05) is 23.1 Å². The number of rotatable bonds is 7. The van der Waals surface area contributed by atoms with Crippen LogP contribution in [0, 0.1) is 11.7 Å². The molecule has 1 aliphatic heterocycles. The van der Waals surface area contributed by atoms with E-state index in [1.54, 1.807) is 30.3 Å². The number of carbonyl (C=O) groups excluding carboxylic acids is 1. The molecule has 5 rings (SSSR count). The molecule has 1 amide bonds. The van der Waals surface area contributed by atoms with Crippen LogP contribution < -0.4 is 10.1 Å². The second-order valence-electron chi connectivity index (χ2n) is 8.94. The lowest BCUT2D eigenvalue weighted by Crippen LogP contribution is -2.45. The van der Waals surface area contributed by atoms with Crippen LogP contribution in [0.3, 0.4) is 0 Å². The largest absolute Gasteiger partial charge is 0.496 e. The minimum absolute atomic E-state index is 0.0526. The molecule has 2 aromatic carbocycles. The maximum atomic E-state index is 13.7. The quantitative estimate of drug-likeness (QED) is 0.555. The fourth-order valence-corrected chi connectivity index (χ4v) is 5.24. The number of halogens is 1.